The molecule has 0 bridgehead atoms. The van der Waals surface area contributed by atoms with Gasteiger partial charge in [-0.3, -0.25) is 4.79 Å². The summed E-state index contributed by atoms with van der Waals surface area (Å²) in [5.41, 5.74) is 3.16. The fraction of sp³-hybridized carbons (Fsp3) is 0.320. The van der Waals surface area contributed by atoms with Gasteiger partial charge in [-0.25, -0.2) is 14.5 Å². The first-order valence-corrected chi connectivity index (χ1v) is 11.6. The third kappa shape index (κ3) is 4.72. The number of likely N-dealkylation sites (tertiary alicyclic amines) is 1. The van der Waals surface area contributed by atoms with Gasteiger partial charge >= 0.3 is 6.03 Å². The van der Waals surface area contributed by atoms with E-state index in [1.807, 2.05) is 43.3 Å². The number of ether oxygens (including phenoxy) is 1. The van der Waals surface area contributed by atoms with Crippen LogP contribution in [0, 0.1) is 6.92 Å². The van der Waals surface area contributed by atoms with Crippen molar-refractivity contribution in [1.82, 2.24) is 29.9 Å². The molecule has 1 aliphatic heterocycles. The second kappa shape index (κ2) is 9.57. The van der Waals surface area contributed by atoms with E-state index in [9.17, 15) is 9.59 Å². The number of hydrogen-bond donors (Lipinski definition) is 2. The lowest BCUT2D eigenvalue weighted by Crippen LogP contribution is -2.42. The van der Waals surface area contributed by atoms with E-state index in [2.05, 4.69) is 20.6 Å². The number of methoxy groups -OCH3 is 1. The highest BCUT2D eigenvalue weighted by Crippen LogP contribution is 2.27. The number of hydrogen-bond acceptors (Lipinski definition) is 6. The molecule has 2 aromatic carbocycles. The quantitative estimate of drug-likeness (QED) is 0.459. The Morgan fingerprint density at radius 3 is 2.80 bits per heavy atom. The van der Waals surface area contributed by atoms with Gasteiger partial charge < -0.3 is 19.9 Å². The van der Waals surface area contributed by atoms with Gasteiger partial charge in [0.15, 0.2) is 11.2 Å². The summed E-state index contributed by atoms with van der Waals surface area (Å²) in [5, 5.41) is 11.1. The number of urea groups is 1. The van der Waals surface area contributed by atoms with Gasteiger partial charge in [-0.1, -0.05) is 47.2 Å². The fourth-order valence-electron chi connectivity index (χ4n) is 4.38. The lowest BCUT2D eigenvalue weighted by atomic mass is 9.97. The number of piperidine rings is 1. The smallest absolute Gasteiger partial charge is 0.321 e. The van der Waals surface area contributed by atoms with Crippen molar-refractivity contribution < 1.29 is 9.53 Å². The van der Waals surface area contributed by atoms with Crippen molar-refractivity contribution in [2.24, 2.45) is 0 Å². The molecule has 2 aromatic heterocycles. The first kappa shape index (κ1) is 22.6. The zero-order valence-corrected chi connectivity index (χ0v) is 19.7. The third-order valence-electron chi connectivity index (χ3n) is 6.29. The lowest BCUT2D eigenvalue weighted by molar-refractivity contribution is 0.191. The molecule has 3 heterocycles. The Morgan fingerprint density at radius 1 is 1.20 bits per heavy atom. The summed E-state index contributed by atoms with van der Waals surface area (Å²) in [7, 11) is 1.57. The molecule has 0 aliphatic carbocycles. The Balaban J connectivity index is 1.37. The normalized spacial score (nSPS) is 15.8. The topological polar surface area (TPSA) is 118 Å². The van der Waals surface area contributed by atoms with Crippen molar-refractivity contribution in [3.63, 3.8) is 0 Å². The van der Waals surface area contributed by atoms with Crippen LogP contribution >= 0.6 is 0 Å². The van der Waals surface area contributed by atoms with Crippen molar-refractivity contribution in [2.75, 3.05) is 25.5 Å². The number of aromatic nitrogens is 5. The number of amides is 2. The van der Waals surface area contributed by atoms with E-state index < -0.39 is 0 Å². The number of para-hydroxylation sites is 2. The number of aromatic amines is 1. The minimum atomic E-state index is -0.323. The molecule has 4 aromatic rings. The Labute approximate surface area is 201 Å². The van der Waals surface area contributed by atoms with Crippen LogP contribution in [0.15, 0.2) is 53.3 Å². The monoisotopic (exact) mass is 473 g/mol. The molecule has 10 heteroatoms. The molecule has 35 heavy (non-hydrogen) atoms. The molecule has 2 N–H and O–H groups in total. The number of rotatable bonds is 5. The van der Waals surface area contributed by atoms with Gasteiger partial charge in [0, 0.05) is 19.0 Å². The molecule has 5 rings (SSSR count). The number of anilines is 1. The van der Waals surface area contributed by atoms with Crippen LogP contribution in [0.4, 0.5) is 10.5 Å². The van der Waals surface area contributed by atoms with Crippen LogP contribution in [0.5, 0.6) is 5.75 Å². The predicted molar refractivity (Wildman–Crippen MR) is 132 cm³/mol. The first-order chi connectivity index (χ1) is 17.0. The number of carbonyl (C=O) groups is 1. The van der Waals surface area contributed by atoms with Crippen LogP contribution in [-0.2, 0) is 6.54 Å². The average Bonchev–Trinajstić information content (AvgIpc) is 3.29. The van der Waals surface area contributed by atoms with E-state index in [0.29, 0.717) is 42.5 Å². The molecule has 10 nitrogen and oxygen atoms in total. The standard InChI is InChI=1S/C25H27N7O3/c1-16-9-11-17(12-10-16)14-32-23-21(29-30-32)24(33)28-22(27-23)18-6-5-13-31(15-18)25(34)26-19-7-3-4-8-20(19)35-2/h3-4,7-12,18H,5-6,13-15H2,1-2H3,(H,26,34)(H,27,28,33). The van der Waals surface area contributed by atoms with Crippen molar-refractivity contribution in [3.8, 4) is 5.75 Å². The number of nitrogens with zero attached hydrogens (tertiary/aromatic N) is 5. The highest BCUT2D eigenvalue weighted by Gasteiger charge is 2.28. The third-order valence-corrected chi connectivity index (χ3v) is 6.29. The van der Waals surface area contributed by atoms with Crippen LogP contribution in [0.2, 0.25) is 0 Å². The van der Waals surface area contributed by atoms with Crippen molar-refractivity contribution in [2.45, 2.75) is 32.2 Å². The summed E-state index contributed by atoms with van der Waals surface area (Å²) in [6.07, 6.45) is 1.61. The summed E-state index contributed by atoms with van der Waals surface area (Å²) >= 11 is 0. The SMILES string of the molecule is COc1ccccc1NC(=O)N1CCCC(c2nc3c(nnn3Cc3ccc(C)cc3)c(=O)[nH]2)C1. The molecular weight excluding hydrogens is 446 g/mol. The number of fused-ring (bicyclic) bond motifs is 1. The van der Waals surface area contributed by atoms with E-state index in [1.54, 1.807) is 28.8 Å². The maximum Gasteiger partial charge on any atom is 0.321 e. The Hall–Kier alpha value is -4.21. The van der Waals surface area contributed by atoms with Crippen LogP contribution in [0.25, 0.3) is 11.2 Å². The highest BCUT2D eigenvalue weighted by atomic mass is 16.5. The lowest BCUT2D eigenvalue weighted by Gasteiger charge is -2.32. The zero-order chi connectivity index (χ0) is 24.4. The maximum absolute atomic E-state index is 13.0. The Kier molecular flexibility index (Phi) is 6.17. The van der Waals surface area contributed by atoms with E-state index in [-0.39, 0.29) is 23.0 Å². The van der Waals surface area contributed by atoms with Crippen molar-refractivity contribution in [3.05, 3.63) is 75.8 Å². The summed E-state index contributed by atoms with van der Waals surface area (Å²) in [6.45, 7) is 3.56. The van der Waals surface area contributed by atoms with Crippen LogP contribution in [0.3, 0.4) is 0 Å². The van der Waals surface area contributed by atoms with Crippen molar-refractivity contribution >= 4 is 22.9 Å². The average molecular weight is 474 g/mol. The number of benzene rings is 2. The molecule has 0 spiro atoms. The summed E-state index contributed by atoms with van der Waals surface area (Å²) in [6, 6.07) is 15.2. The predicted octanol–water partition coefficient (Wildman–Crippen LogP) is 3.29. The van der Waals surface area contributed by atoms with E-state index in [1.165, 1.54) is 5.56 Å². The van der Waals surface area contributed by atoms with Crippen LogP contribution in [-0.4, -0.2) is 56.1 Å². The summed E-state index contributed by atoms with van der Waals surface area (Å²) < 4.78 is 6.98. The van der Waals surface area contributed by atoms with E-state index >= 15 is 0 Å². The van der Waals surface area contributed by atoms with E-state index in [0.717, 1.165) is 18.4 Å². The van der Waals surface area contributed by atoms with Crippen LogP contribution < -0.4 is 15.6 Å². The molecule has 1 atom stereocenters. The van der Waals surface area contributed by atoms with Gasteiger partial charge in [-0.15, -0.1) is 5.10 Å². The Bertz CT molecular complexity index is 1410. The minimum absolute atomic E-state index is 0.105. The van der Waals surface area contributed by atoms with Gasteiger partial charge in [0.2, 0.25) is 0 Å². The maximum atomic E-state index is 13.0. The molecule has 0 radical (unpaired) electrons. The van der Waals surface area contributed by atoms with Crippen LogP contribution in [0.1, 0.15) is 35.7 Å². The van der Waals surface area contributed by atoms with Gasteiger partial charge in [0.1, 0.15) is 11.6 Å². The molecule has 0 saturated carbocycles. The minimum Gasteiger partial charge on any atom is -0.495 e. The number of nitrogens with one attached hydrogen (secondary N) is 2. The van der Waals surface area contributed by atoms with Gasteiger partial charge in [0.05, 0.1) is 19.3 Å². The molecule has 1 aliphatic rings. The first-order valence-electron chi connectivity index (χ1n) is 11.6. The molecule has 1 saturated heterocycles. The number of carbonyl (C=O) groups excluding carboxylic acids is 1. The van der Waals surface area contributed by atoms with Gasteiger partial charge in [-0.2, -0.15) is 0 Å². The van der Waals surface area contributed by atoms with Crippen molar-refractivity contribution in [1.29, 1.82) is 0 Å². The summed E-state index contributed by atoms with van der Waals surface area (Å²) in [5.74, 6) is 1.04. The van der Waals surface area contributed by atoms with Gasteiger partial charge in [0.25, 0.3) is 5.56 Å². The van der Waals surface area contributed by atoms with Gasteiger partial charge in [-0.05, 0) is 37.5 Å². The highest BCUT2D eigenvalue weighted by molar-refractivity contribution is 5.91. The molecule has 1 fully saturated rings. The zero-order valence-electron chi connectivity index (χ0n) is 19.7. The van der Waals surface area contributed by atoms with E-state index in [4.69, 9.17) is 9.72 Å². The summed E-state index contributed by atoms with van der Waals surface area (Å²) in [4.78, 5) is 35.1. The Morgan fingerprint density at radius 2 is 2.00 bits per heavy atom. The largest absolute Gasteiger partial charge is 0.495 e. The second-order valence-corrected chi connectivity index (χ2v) is 8.77. The molecular formula is C25H27N7O3. The number of H-pyrrole nitrogens is 1. The molecule has 1 unspecified atom stereocenters. The second-order valence-electron chi connectivity index (χ2n) is 8.77. The number of aryl methyl sites for hydroxylation is 1. The molecule has 180 valence electrons. The fourth-order valence-corrected chi connectivity index (χ4v) is 4.38. The molecule has 2 amide bonds.